The normalized spacial score (nSPS) is 10.8. The van der Waals surface area contributed by atoms with Gasteiger partial charge in [-0.3, -0.25) is 4.79 Å². The summed E-state index contributed by atoms with van der Waals surface area (Å²) in [5.41, 5.74) is 0.489. The van der Waals surface area contributed by atoms with E-state index in [1.54, 1.807) is 24.3 Å². The fraction of sp³-hybridized carbons (Fsp3) is 0. The number of anilines is 1. The van der Waals surface area contributed by atoms with Crippen LogP contribution in [-0.2, 0) is 0 Å². The Balaban J connectivity index is 1.56. The Morgan fingerprint density at radius 1 is 0.867 bits per heavy atom. The molecule has 4 aromatic rings. The molecule has 4 nitrogen and oxygen atoms in total. The Morgan fingerprint density at radius 3 is 2.43 bits per heavy atom. The maximum Gasteiger partial charge on any atom is 0.259 e. The van der Waals surface area contributed by atoms with Crippen LogP contribution in [0, 0.1) is 0 Å². The number of halogens is 3. The van der Waals surface area contributed by atoms with Crippen molar-refractivity contribution in [2.24, 2.45) is 0 Å². The van der Waals surface area contributed by atoms with Crippen LogP contribution in [0.3, 0.4) is 0 Å². The van der Waals surface area contributed by atoms with E-state index in [0.717, 1.165) is 10.8 Å². The van der Waals surface area contributed by atoms with Gasteiger partial charge in [0, 0.05) is 16.1 Å². The van der Waals surface area contributed by atoms with Crippen LogP contribution in [0.15, 0.2) is 72.8 Å². The van der Waals surface area contributed by atoms with E-state index >= 15 is 0 Å². The van der Waals surface area contributed by atoms with Crippen LogP contribution in [0.5, 0.6) is 17.2 Å². The molecule has 0 saturated carbocycles. The first kappa shape index (κ1) is 20.4. The molecule has 0 atom stereocenters. The van der Waals surface area contributed by atoms with Gasteiger partial charge in [-0.05, 0) is 47.9 Å². The Hall–Kier alpha value is -2.92. The molecule has 0 aliphatic rings. The molecule has 0 spiro atoms. The third-order valence-corrected chi connectivity index (χ3v) is 5.36. The van der Waals surface area contributed by atoms with Crippen molar-refractivity contribution < 1.29 is 14.6 Å². The molecule has 0 bridgehead atoms. The molecule has 150 valence electrons. The number of carbonyl (C=O) groups is 1. The Bertz CT molecular complexity index is 1270. The van der Waals surface area contributed by atoms with Gasteiger partial charge in [-0.15, -0.1) is 0 Å². The number of fused-ring (bicyclic) bond motifs is 1. The number of benzene rings is 4. The molecule has 1 amide bonds. The molecule has 0 heterocycles. The van der Waals surface area contributed by atoms with Gasteiger partial charge in [0.1, 0.15) is 17.2 Å². The van der Waals surface area contributed by atoms with Gasteiger partial charge in [-0.2, -0.15) is 0 Å². The molecule has 0 saturated heterocycles. The van der Waals surface area contributed by atoms with Gasteiger partial charge < -0.3 is 15.2 Å². The zero-order valence-electron chi connectivity index (χ0n) is 15.3. The third kappa shape index (κ3) is 4.17. The van der Waals surface area contributed by atoms with Crippen molar-refractivity contribution in [1.29, 1.82) is 0 Å². The van der Waals surface area contributed by atoms with Crippen LogP contribution in [0.4, 0.5) is 5.69 Å². The quantitative estimate of drug-likeness (QED) is 0.332. The first-order chi connectivity index (χ1) is 14.4. The molecule has 2 N–H and O–H groups in total. The summed E-state index contributed by atoms with van der Waals surface area (Å²) in [6, 6.07) is 20.4. The number of aromatic hydroxyl groups is 1. The van der Waals surface area contributed by atoms with E-state index in [0.29, 0.717) is 27.2 Å². The van der Waals surface area contributed by atoms with Crippen molar-refractivity contribution in [2.75, 3.05) is 5.32 Å². The van der Waals surface area contributed by atoms with Crippen LogP contribution in [-0.4, -0.2) is 11.0 Å². The predicted octanol–water partition coefficient (Wildman–Crippen LogP) is 7.55. The summed E-state index contributed by atoms with van der Waals surface area (Å²) in [5, 5.41) is 15.5. The number of rotatable bonds is 4. The van der Waals surface area contributed by atoms with E-state index in [4.69, 9.17) is 39.5 Å². The minimum absolute atomic E-state index is 0.0573. The molecule has 0 aliphatic carbocycles. The number of hydrogen-bond donors (Lipinski definition) is 2. The van der Waals surface area contributed by atoms with Gasteiger partial charge in [0.2, 0.25) is 0 Å². The summed E-state index contributed by atoms with van der Waals surface area (Å²) >= 11 is 18.7. The highest BCUT2D eigenvalue weighted by atomic mass is 35.5. The predicted molar refractivity (Wildman–Crippen MR) is 122 cm³/mol. The maximum absolute atomic E-state index is 12.4. The molecule has 0 radical (unpaired) electrons. The van der Waals surface area contributed by atoms with Crippen LogP contribution in [0.25, 0.3) is 10.8 Å². The maximum atomic E-state index is 12.4. The largest absolute Gasteiger partial charge is 0.507 e. The molecule has 4 rings (SSSR count). The zero-order chi connectivity index (χ0) is 21.3. The molecule has 30 heavy (non-hydrogen) atoms. The molecular formula is C23H14Cl3NO3. The minimum Gasteiger partial charge on any atom is -0.507 e. The first-order valence-corrected chi connectivity index (χ1v) is 10.0. The lowest BCUT2D eigenvalue weighted by Gasteiger charge is -2.13. The van der Waals surface area contributed by atoms with Crippen molar-refractivity contribution in [1.82, 2.24) is 0 Å². The van der Waals surface area contributed by atoms with Gasteiger partial charge in [-0.1, -0.05) is 65.1 Å². The Morgan fingerprint density at radius 2 is 1.63 bits per heavy atom. The van der Waals surface area contributed by atoms with E-state index in [2.05, 4.69) is 5.32 Å². The number of ether oxygens (including phenoxy) is 1. The molecule has 7 heteroatoms. The second kappa shape index (κ2) is 8.44. The van der Waals surface area contributed by atoms with Crippen LogP contribution in [0.2, 0.25) is 15.1 Å². The fourth-order valence-corrected chi connectivity index (χ4v) is 3.63. The second-order valence-electron chi connectivity index (χ2n) is 6.46. The highest BCUT2D eigenvalue weighted by Gasteiger charge is 2.14. The van der Waals surface area contributed by atoms with Crippen molar-refractivity contribution >= 4 is 57.2 Å². The molecule has 0 aliphatic heterocycles. The Kier molecular flexibility index (Phi) is 5.73. The summed E-state index contributed by atoms with van der Waals surface area (Å²) < 4.78 is 5.89. The van der Waals surface area contributed by atoms with Crippen molar-refractivity contribution in [3.63, 3.8) is 0 Å². The number of nitrogens with one attached hydrogen (secondary N) is 1. The number of amides is 1. The first-order valence-electron chi connectivity index (χ1n) is 8.87. The standard InChI is InChI=1S/C23H14Cl3NO3/c24-14-6-8-19(28)17(11-14)23(29)27-15-7-10-20(18(25)12-15)30-21-9-5-13-3-1-2-4-16(13)22(21)26/h1-12,28H,(H,27,29). The van der Waals surface area contributed by atoms with Crippen LogP contribution >= 0.6 is 34.8 Å². The lowest BCUT2D eigenvalue weighted by molar-refractivity contribution is 0.102. The molecule has 0 aromatic heterocycles. The van der Waals surface area contributed by atoms with E-state index in [9.17, 15) is 9.90 Å². The van der Waals surface area contributed by atoms with Gasteiger partial charge in [0.05, 0.1) is 15.6 Å². The van der Waals surface area contributed by atoms with E-state index < -0.39 is 5.91 Å². The molecular weight excluding hydrogens is 445 g/mol. The average Bonchev–Trinajstić information content (AvgIpc) is 2.73. The molecule has 0 fully saturated rings. The van der Waals surface area contributed by atoms with Crippen LogP contribution in [0.1, 0.15) is 10.4 Å². The van der Waals surface area contributed by atoms with E-state index in [1.807, 2.05) is 30.3 Å². The summed E-state index contributed by atoms with van der Waals surface area (Å²) in [4.78, 5) is 12.4. The van der Waals surface area contributed by atoms with Gasteiger partial charge in [0.15, 0.2) is 0 Å². The SMILES string of the molecule is O=C(Nc1ccc(Oc2ccc3ccccc3c2Cl)c(Cl)c1)c1cc(Cl)ccc1O. The second-order valence-corrected chi connectivity index (χ2v) is 7.68. The summed E-state index contributed by atoms with van der Waals surface area (Å²) in [6.45, 7) is 0. The number of hydrogen-bond acceptors (Lipinski definition) is 3. The number of carbonyl (C=O) groups excluding carboxylic acids is 1. The molecule has 4 aromatic carbocycles. The monoisotopic (exact) mass is 457 g/mol. The summed E-state index contributed by atoms with van der Waals surface area (Å²) in [6.07, 6.45) is 0. The highest BCUT2D eigenvalue weighted by Crippen LogP contribution is 2.38. The van der Waals surface area contributed by atoms with Crippen LogP contribution < -0.4 is 10.1 Å². The topological polar surface area (TPSA) is 58.6 Å². The van der Waals surface area contributed by atoms with Crippen molar-refractivity contribution in [3.05, 3.63) is 93.4 Å². The summed E-state index contributed by atoms with van der Waals surface area (Å²) in [7, 11) is 0. The van der Waals surface area contributed by atoms with E-state index in [1.165, 1.54) is 18.2 Å². The number of phenols is 1. The smallest absolute Gasteiger partial charge is 0.259 e. The van der Waals surface area contributed by atoms with Crippen molar-refractivity contribution in [3.8, 4) is 17.2 Å². The third-order valence-electron chi connectivity index (χ3n) is 4.44. The minimum atomic E-state index is -0.516. The fourth-order valence-electron chi connectivity index (χ4n) is 2.96. The lowest BCUT2D eigenvalue weighted by Crippen LogP contribution is -2.12. The highest BCUT2D eigenvalue weighted by molar-refractivity contribution is 6.37. The summed E-state index contributed by atoms with van der Waals surface area (Å²) in [5.74, 6) is 0.168. The lowest BCUT2D eigenvalue weighted by atomic mass is 10.1. The average molecular weight is 459 g/mol. The van der Waals surface area contributed by atoms with E-state index in [-0.39, 0.29) is 16.3 Å². The van der Waals surface area contributed by atoms with Gasteiger partial charge >= 0.3 is 0 Å². The van der Waals surface area contributed by atoms with Gasteiger partial charge in [-0.25, -0.2) is 0 Å². The van der Waals surface area contributed by atoms with Crippen molar-refractivity contribution in [2.45, 2.75) is 0 Å². The Labute approximate surface area is 187 Å². The van der Waals surface area contributed by atoms with Gasteiger partial charge in [0.25, 0.3) is 5.91 Å². The zero-order valence-corrected chi connectivity index (χ0v) is 17.6. The number of phenolic OH excluding ortho intramolecular Hbond substituents is 1. The molecule has 0 unspecified atom stereocenters.